The lowest BCUT2D eigenvalue weighted by atomic mass is 10.3. The third-order valence-electron chi connectivity index (χ3n) is 3.51. The fourth-order valence-electron chi connectivity index (χ4n) is 2.21. The first-order chi connectivity index (χ1) is 11.5. The number of morpholine rings is 1. The maximum Gasteiger partial charge on any atom is 0.243 e. The van der Waals surface area contributed by atoms with Gasteiger partial charge in [-0.1, -0.05) is 0 Å². The Balaban J connectivity index is 1.73. The quantitative estimate of drug-likeness (QED) is 0.600. The second-order valence-electron chi connectivity index (χ2n) is 5.08. The Hall–Kier alpha value is -2.50. The second-order valence-corrected chi connectivity index (χ2v) is 7.02. The van der Waals surface area contributed by atoms with Crippen molar-refractivity contribution < 1.29 is 13.2 Å². The molecule has 1 fully saturated rings. The van der Waals surface area contributed by atoms with E-state index in [0.29, 0.717) is 32.0 Å². The molecule has 0 amide bonds. The van der Waals surface area contributed by atoms with Crippen LogP contribution in [0.15, 0.2) is 44.5 Å². The number of hydrogen-bond acceptors (Lipinski definition) is 9. The number of sulfonamides is 1. The van der Waals surface area contributed by atoms with Crippen molar-refractivity contribution in [3.05, 3.63) is 24.3 Å². The van der Waals surface area contributed by atoms with E-state index >= 15 is 0 Å². The Morgan fingerprint density at radius 3 is 2.25 bits per heavy atom. The Morgan fingerprint density at radius 1 is 1.08 bits per heavy atom. The fraction of sp³-hybridized carbons (Fsp3) is 0.308. The molecule has 24 heavy (non-hydrogen) atoms. The highest BCUT2D eigenvalue weighted by molar-refractivity contribution is 7.89. The molecule has 5 N–H and O–H groups in total. The predicted octanol–water partition coefficient (Wildman–Crippen LogP) is -0.882. The van der Waals surface area contributed by atoms with Crippen molar-refractivity contribution in [3.8, 4) is 0 Å². The third kappa shape index (κ3) is 3.22. The van der Waals surface area contributed by atoms with Gasteiger partial charge in [0, 0.05) is 13.1 Å². The maximum atomic E-state index is 12.5. The highest BCUT2D eigenvalue weighted by Crippen LogP contribution is 2.19. The van der Waals surface area contributed by atoms with Crippen LogP contribution < -0.4 is 16.9 Å². The molecule has 3 rings (SSSR count). The van der Waals surface area contributed by atoms with E-state index < -0.39 is 10.0 Å². The van der Waals surface area contributed by atoms with Gasteiger partial charge in [-0.2, -0.15) is 9.41 Å². The van der Waals surface area contributed by atoms with Gasteiger partial charge in [-0.3, -0.25) is 5.43 Å². The molecule has 0 unspecified atom stereocenters. The topological polar surface area (TPSA) is 148 Å². The summed E-state index contributed by atoms with van der Waals surface area (Å²) in [6, 6.07) is 6.23. The summed E-state index contributed by atoms with van der Waals surface area (Å²) in [5, 5.41) is 11.2. The van der Waals surface area contributed by atoms with Crippen molar-refractivity contribution in [2.45, 2.75) is 4.90 Å². The van der Waals surface area contributed by atoms with Gasteiger partial charge in [0.15, 0.2) is 17.4 Å². The number of rotatable bonds is 4. The zero-order valence-corrected chi connectivity index (χ0v) is 13.5. The van der Waals surface area contributed by atoms with Gasteiger partial charge in [0.2, 0.25) is 10.0 Å². The summed E-state index contributed by atoms with van der Waals surface area (Å²) >= 11 is 0. The average Bonchev–Trinajstić information content (AvgIpc) is 2.92. The molecule has 0 aromatic heterocycles. The van der Waals surface area contributed by atoms with E-state index in [0.717, 1.165) is 0 Å². The van der Waals surface area contributed by atoms with Crippen LogP contribution in [-0.2, 0) is 14.8 Å². The minimum Gasteiger partial charge on any atom is -0.380 e. The van der Waals surface area contributed by atoms with Gasteiger partial charge < -0.3 is 16.2 Å². The molecular weight excluding hydrogens is 334 g/mol. The summed E-state index contributed by atoms with van der Waals surface area (Å²) in [7, 11) is -3.52. The van der Waals surface area contributed by atoms with Crippen LogP contribution in [0, 0.1) is 0 Å². The first-order valence-electron chi connectivity index (χ1n) is 7.17. The van der Waals surface area contributed by atoms with Gasteiger partial charge in [0.1, 0.15) is 0 Å². The van der Waals surface area contributed by atoms with Gasteiger partial charge in [-0.15, -0.1) is 10.2 Å². The molecule has 0 saturated carbocycles. The molecular formula is C13H17N7O3S. The number of benzene rings is 1. The van der Waals surface area contributed by atoms with Crippen molar-refractivity contribution in [2.24, 2.45) is 26.8 Å². The summed E-state index contributed by atoms with van der Waals surface area (Å²) < 4.78 is 31.6. The molecule has 0 radical (unpaired) electrons. The van der Waals surface area contributed by atoms with Gasteiger partial charge in [-0.25, -0.2) is 8.42 Å². The number of hydrazone groups is 1. The molecule has 2 aliphatic rings. The van der Waals surface area contributed by atoms with Crippen LogP contribution in [-0.4, -0.2) is 56.4 Å². The molecule has 11 heteroatoms. The van der Waals surface area contributed by atoms with Gasteiger partial charge >= 0.3 is 0 Å². The van der Waals surface area contributed by atoms with Crippen LogP contribution in [0.1, 0.15) is 0 Å². The fourth-order valence-corrected chi connectivity index (χ4v) is 3.61. The minimum atomic E-state index is -3.52. The van der Waals surface area contributed by atoms with Crippen LogP contribution in [0.4, 0.5) is 5.69 Å². The third-order valence-corrected chi connectivity index (χ3v) is 5.42. The Morgan fingerprint density at radius 2 is 1.67 bits per heavy atom. The molecule has 0 aliphatic carbocycles. The SMILES string of the molecule is NC1=NN=C(N)C1=NNc1ccc(S(=O)(=O)N2CCOCC2)cc1. The highest BCUT2D eigenvalue weighted by Gasteiger charge is 2.26. The van der Waals surface area contributed by atoms with E-state index in [9.17, 15) is 8.42 Å². The molecule has 10 nitrogen and oxygen atoms in total. The van der Waals surface area contributed by atoms with E-state index in [1.54, 1.807) is 12.1 Å². The number of nitrogens with two attached hydrogens (primary N) is 2. The monoisotopic (exact) mass is 351 g/mol. The van der Waals surface area contributed by atoms with Gasteiger partial charge in [0.05, 0.1) is 23.8 Å². The van der Waals surface area contributed by atoms with Crippen LogP contribution in [0.2, 0.25) is 0 Å². The number of ether oxygens (including phenoxy) is 1. The Kier molecular flexibility index (Phi) is 4.46. The molecule has 0 bridgehead atoms. The predicted molar refractivity (Wildman–Crippen MR) is 90.3 cm³/mol. The summed E-state index contributed by atoms with van der Waals surface area (Å²) in [4.78, 5) is 0.214. The lowest BCUT2D eigenvalue weighted by molar-refractivity contribution is 0.0730. The van der Waals surface area contributed by atoms with E-state index in [1.807, 2.05) is 0 Å². The van der Waals surface area contributed by atoms with Gasteiger partial charge in [0.25, 0.3) is 0 Å². The Labute approximate surface area is 138 Å². The van der Waals surface area contributed by atoms with Gasteiger partial charge in [-0.05, 0) is 24.3 Å². The number of anilines is 1. The summed E-state index contributed by atoms with van der Waals surface area (Å²) in [6.07, 6.45) is 0. The summed E-state index contributed by atoms with van der Waals surface area (Å²) in [5.41, 5.74) is 14.7. The van der Waals surface area contributed by atoms with Crippen LogP contribution in [0.25, 0.3) is 0 Å². The number of hydrogen-bond donors (Lipinski definition) is 3. The lowest BCUT2D eigenvalue weighted by Gasteiger charge is -2.26. The summed E-state index contributed by atoms with van der Waals surface area (Å²) in [6.45, 7) is 1.52. The van der Waals surface area contributed by atoms with Crippen molar-refractivity contribution >= 4 is 33.1 Å². The van der Waals surface area contributed by atoms with E-state index in [-0.39, 0.29) is 22.3 Å². The van der Waals surface area contributed by atoms with Crippen molar-refractivity contribution in [1.29, 1.82) is 0 Å². The number of amidine groups is 2. The van der Waals surface area contributed by atoms with Crippen molar-refractivity contribution in [3.63, 3.8) is 0 Å². The molecule has 2 heterocycles. The molecule has 0 spiro atoms. The molecule has 0 atom stereocenters. The van der Waals surface area contributed by atoms with E-state index in [2.05, 4.69) is 20.7 Å². The molecule has 128 valence electrons. The Bertz CT molecular complexity index is 788. The van der Waals surface area contributed by atoms with E-state index in [4.69, 9.17) is 16.2 Å². The standard InChI is InChI=1S/C13H17N7O3S/c14-12-11(13(15)19-18-12)17-16-9-1-3-10(4-2-9)24(21,22)20-5-7-23-8-6-20/h1-4,16H,5-8H2,(H4,14,15,17,18,19). The van der Waals surface area contributed by atoms with Crippen LogP contribution >= 0.6 is 0 Å². The van der Waals surface area contributed by atoms with E-state index in [1.165, 1.54) is 16.4 Å². The normalized spacial score (nSPS) is 18.9. The molecule has 2 aliphatic heterocycles. The summed E-state index contributed by atoms with van der Waals surface area (Å²) in [5.74, 6) is 0.234. The number of nitrogens with one attached hydrogen (secondary N) is 1. The first kappa shape index (κ1) is 16.4. The van der Waals surface area contributed by atoms with Crippen molar-refractivity contribution in [2.75, 3.05) is 31.7 Å². The second kappa shape index (κ2) is 6.55. The number of nitrogens with zero attached hydrogens (tertiary/aromatic N) is 4. The lowest BCUT2D eigenvalue weighted by Crippen LogP contribution is -2.40. The first-order valence-corrected chi connectivity index (χ1v) is 8.61. The molecule has 1 aromatic rings. The largest absolute Gasteiger partial charge is 0.380 e. The zero-order valence-electron chi connectivity index (χ0n) is 12.7. The average molecular weight is 351 g/mol. The smallest absolute Gasteiger partial charge is 0.243 e. The highest BCUT2D eigenvalue weighted by atomic mass is 32.2. The molecule has 1 saturated heterocycles. The minimum absolute atomic E-state index is 0.117. The van der Waals surface area contributed by atoms with Crippen LogP contribution in [0.5, 0.6) is 0 Å². The molecule has 1 aromatic carbocycles. The van der Waals surface area contributed by atoms with Crippen LogP contribution in [0.3, 0.4) is 0 Å². The van der Waals surface area contributed by atoms with Crippen molar-refractivity contribution in [1.82, 2.24) is 4.31 Å². The maximum absolute atomic E-state index is 12.5. The zero-order chi connectivity index (χ0) is 17.2.